The molecule has 1 aromatic rings. The molecule has 5 heteroatoms. The zero-order chi connectivity index (χ0) is 17.3. The molecule has 0 amide bonds. The lowest BCUT2D eigenvalue weighted by Gasteiger charge is -2.48. The first-order valence-corrected chi connectivity index (χ1v) is 8.09. The van der Waals surface area contributed by atoms with Gasteiger partial charge in [-0.3, -0.25) is 9.80 Å². The Morgan fingerprint density at radius 3 is 2.30 bits per heavy atom. The summed E-state index contributed by atoms with van der Waals surface area (Å²) in [4.78, 5) is 15.6. The van der Waals surface area contributed by atoms with E-state index in [9.17, 15) is 9.90 Å². The first kappa shape index (κ1) is 17.9. The number of rotatable bonds is 5. The van der Waals surface area contributed by atoms with Gasteiger partial charge in [-0.1, -0.05) is 12.1 Å². The van der Waals surface area contributed by atoms with Crippen LogP contribution in [-0.2, 0) is 6.54 Å². The summed E-state index contributed by atoms with van der Waals surface area (Å²) in [5, 5.41) is 19.0. The Morgan fingerprint density at radius 1 is 1.22 bits per heavy atom. The van der Waals surface area contributed by atoms with Crippen molar-refractivity contribution >= 4 is 5.97 Å². The van der Waals surface area contributed by atoms with Crippen LogP contribution in [0.2, 0.25) is 0 Å². The SMILES string of the molecule is CC(C)(O)CN1CCN(Cc2ccc(C(=O)O)cc2)C(C)(C)C1. The van der Waals surface area contributed by atoms with E-state index < -0.39 is 11.6 Å². The maximum atomic E-state index is 10.9. The normalized spacial score (nSPS) is 19.7. The summed E-state index contributed by atoms with van der Waals surface area (Å²) in [6.45, 7) is 12.4. The number of hydrogen-bond donors (Lipinski definition) is 2. The molecule has 0 saturated carbocycles. The third-order valence-corrected chi connectivity index (χ3v) is 4.34. The van der Waals surface area contributed by atoms with Gasteiger partial charge in [0.05, 0.1) is 11.2 Å². The van der Waals surface area contributed by atoms with Gasteiger partial charge in [0.2, 0.25) is 0 Å². The lowest BCUT2D eigenvalue weighted by molar-refractivity contribution is -0.0279. The lowest BCUT2D eigenvalue weighted by Crippen LogP contribution is -2.60. The van der Waals surface area contributed by atoms with Gasteiger partial charge in [-0.25, -0.2) is 4.79 Å². The molecule has 23 heavy (non-hydrogen) atoms. The van der Waals surface area contributed by atoms with Crippen LogP contribution in [0.3, 0.4) is 0 Å². The minimum atomic E-state index is -0.892. The van der Waals surface area contributed by atoms with E-state index >= 15 is 0 Å². The maximum Gasteiger partial charge on any atom is 0.335 e. The van der Waals surface area contributed by atoms with Gasteiger partial charge < -0.3 is 10.2 Å². The van der Waals surface area contributed by atoms with Crippen LogP contribution in [0.1, 0.15) is 43.6 Å². The predicted octanol–water partition coefficient (Wildman–Crippen LogP) is 2.05. The molecule has 0 unspecified atom stereocenters. The van der Waals surface area contributed by atoms with Gasteiger partial charge in [-0.2, -0.15) is 0 Å². The van der Waals surface area contributed by atoms with E-state index in [2.05, 4.69) is 23.6 Å². The van der Waals surface area contributed by atoms with E-state index in [4.69, 9.17) is 5.11 Å². The number of β-amino-alcohol motifs (C(OH)–C–C–N with tert-alkyl or cyclic N) is 1. The number of piperazine rings is 1. The Kier molecular flexibility index (Phi) is 5.14. The maximum absolute atomic E-state index is 10.9. The Morgan fingerprint density at radius 2 is 1.83 bits per heavy atom. The Hall–Kier alpha value is -1.43. The van der Waals surface area contributed by atoms with Crippen molar-refractivity contribution in [2.45, 2.75) is 45.4 Å². The summed E-state index contributed by atoms with van der Waals surface area (Å²) in [6, 6.07) is 7.11. The fourth-order valence-electron chi connectivity index (χ4n) is 3.24. The van der Waals surface area contributed by atoms with Crippen LogP contribution in [0.5, 0.6) is 0 Å². The second-order valence-electron chi connectivity index (χ2n) is 7.76. The van der Waals surface area contributed by atoms with Crippen LogP contribution < -0.4 is 0 Å². The number of carboxylic acids is 1. The highest BCUT2D eigenvalue weighted by molar-refractivity contribution is 5.87. The summed E-state index contributed by atoms with van der Waals surface area (Å²) in [6.07, 6.45) is 0. The minimum absolute atomic E-state index is 0.00890. The summed E-state index contributed by atoms with van der Waals surface area (Å²) in [5.74, 6) is -0.892. The first-order chi connectivity index (χ1) is 10.6. The number of aromatic carboxylic acids is 1. The second kappa shape index (κ2) is 6.59. The standard InChI is InChI=1S/C18H28N2O3/c1-17(2)12-19(13-18(3,4)23)9-10-20(17)11-14-5-7-15(8-6-14)16(21)22/h5-8,23H,9-13H2,1-4H3,(H,21,22). The van der Waals surface area contributed by atoms with Gasteiger partial charge >= 0.3 is 5.97 Å². The van der Waals surface area contributed by atoms with Crippen molar-refractivity contribution in [1.29, 1.82) is 0 Å². The second-order valence-corrected chi connectivity index (χ2v) is 7.76. The molecule has 1 aliphatic heterocycles. The molecule has 1 saturated heterocycles. The molecule has 1 fully saturated rings. The Labute approximate surface area is 138 Å². The van der Waals surface area contributed by atoms with E-state index in [1.807, 2.05) is 26.0 Å². The quantitative estimate of drug-likeness (QED) is 0.869. The Bertz CT molecular complexity index is 546. The predicted molar refractivity (Wildman–Crippen MR) is 90.6 cm³/mol. The highest BCUT2D eigenvalue weighted by Crippen LogP contribution is 2.24. The van der Waals surface area contributed by atoms with E-state index in [-0.39, 0.29) is 5.54 Å². The molecule has 2 N–H and O–H groups in total. The zero-order valence-electron chi connectivity index (χ0n) is 14.5. The molecule has 0 spiro atoms. The third-order valence-electron chi connectivity index (χ3n) is 4.34. The largest absolute Gasteiger partial charge is 0.478 e. The van der Waals surface area contributed by atoms with Crippen LogP contribution >= 0.6 is 0 Å². The molecular formula is C18H28N2O3. The van der Waals surface area contributed by atoms with Gasteiger partial charge in [0.25, 0.3) is 0 Å². The van der Waals surface area contributed by atoms with Crippen molar-refractivity contribution in [3.8, 4) is 0 Å². The number of hydrogen-bond acceptors (Lipinski definition) is 4. The van der Waals surface area contributed by atoms with Gasteiger partial charge in [0, 0.05) is 38.3 Å². The number of carboxylic acid groups (broad SMARTS) is 1. The summed E-state index contributed by atoms with van der Waals surface area (Å²) < 4.78 is 0. The molecular weight excluding hydrogens is 292 g/mol. The van der Waals surface area contributed by atoms with Crippen LogP contribution in [0, 0.1) is 0 Å². The summed E-state index contributed by atoms with van der Waals surface area (Å²) >= 11 is 0. The molecule has 0 atom stereocenters. The molecule has 1 aromatic carbocycles. The van der Waals surface area contributed by atoms with E-state index in [1.54, 1.807) is 12.1 Å². The highest BCUT2D eigenvalue weighted by Gasteiger charge is 2.35. The summed E-state index contributed by atoms with van der Waals surface area (Å²) in [5.41, 5.74) is 0.780. The molecule has 0 radical (unpaired) electrons. The van der Waals surface area contributed by atoms with Crippen LogP contribution in [0.4, 0.5) is 0 Å². The molecule has 128 valence electrons. The molecule has 0 aromatic heterocycles. The van der Waals surface area contributed by atoms with Crippen LogP contribution in [-0.4, -0.2) is 63.3 Å². The van der Waals surface area contributed by atoms with Crippen molar-refractivity contribution in [3.63, 3.8) is 0 Å². The molecule has 5 nitrogen and oxygen atoms in total. The third kappa shape index (κ3) is 5.03. The van der Waals surface area contributed by atoms with E-state index in [0.29, 0.717) is 12.1 Å². The highest BCUT2D eigenvalue weighted by atomic mass is 16.4. The minimum Gasteiger partial charge on any atom is -0.478 e. The number of benzene rings is 1. The topological polar surface area (TPSA) is 64.0 Å². The zero-order valence-corrected chi connectivity index (χ0v) is 14.5. The van der Waals surface area contributed by atoms with Gasteiger partial charge in [0.15, 0.2) is 0 Å². The van der Waals surface area contributed by atoms with Crippen LogP contribution in [0.25, 0.3) is 0 Å². The van der Waals surface area contributed by atoms with Crippen molar-refractivity contribution in [2.24, 2.45) is 0 Å². The molecule has 2 rings (SSSR count). The number of carbonyl (C=O) groups is 1. The van der Waals surface area contributed by atoms with Gasteiger partial charge in [0.1, 0.15) is 0 Å². The fourth-order valence-corrected chi connectivity index (χ4v) is 3.24. The smallest absolute Gasteiger partial charge is 0.335 e. The average molecular weight is 320 g/mol. The monoisotopic (exact) mass is 320 g/mol. The van der Waals surface area contributed by atoms with Crippen molar-refractivity contribution in [1.82, 2.24) is 9.80 Å². The average Bonchev–Trinajstić information content (AvgIpc) is 2.40. The lowest BCUT2D eigenvalue weighted by atomic mass is 9.96. The van der Waals surface area contributed by atoms with Gasteiger partial charge in [-0.05, 0) is 45.4 Å². The van der Waals surface area contributed by atoms with E-state index in [0.717, 1.165) is 31.7 Å². The number of nitrogens with zero attached hydrogens (tertiary/aromatic N) is 2. The number of aliphatic hydroxyl groups is 1. The molecule has 1 aliphatic rings. The van der Waals surface area contributed by atoms with E-state index in [1.165, 1.54) is 0 Å². The first-order valence-electron chi connectivity index (χ1n) is 8.09. The molecule has 1 heterocycles. The van der Waals surface area contributed by atoms with Crippen molar-refractivity contribution in [2.75, 3.05) is 26.2 Å². The Balaban J connectivity index is 2.00. The summed E-state index contributed by atoms with van der Waals surface area (Å²) in [7, 11) is 0. The fraction of sp³-hybridized carbons (Fsp3) is 0.611. The molecule has 0 bridgehead atoms. The van der Waals surface area contributed by atoms with Crippen molar-refractivity contribution < 1.29 is 15.0 Å². The van der Waals surface area contributed by atoms with Crippen molar-refractivity contribution in [3.05, 3.63) is 35.4 Å². The molecule has 0 aliphatic carbocycles. The van der Waals surface area contributed by atoms with Crippen LogP contribution in [0.15, 0.2) is 24.3 Å². The van der Waals surface area contributed by atoms with Gasteiger partial charge in [-0.15, -0.1) is 0 Å².